The van der Waals surface area contributed by atoms with Crippen molar-refractivity contribution in [1.29, 1.82) is 0 Å². The van der Waals surface area contributed by atoms with E-state index in [0.717, 1.165) is 122 Å². The van der Waals surface area contributed by atoms with Crippen molar-refractivity contribution < 1.29 is 28.6 Å². The van der Waals surface area contributed by atoms with Crippen molar-refractivity contribution in [2.45, 2.75) is 239 Å². The first-order valence-corrected chi connectivity index (χ1v) is 27.6. The van der Waals surface area contributed by atoms with Gasteiger partial charge in [-0.2, -0.15) is 0 Å². The second-order valence-electron chi connectivity index (χ2n) is 17.8. The highest BCUT2D eigenvalue weighted by atomic mass is 16.6. The minimum absolute atomic E-state index is 0.109. The summed E-state index contributed by atoms with van der Waals surface area (Å²) in [7, 11) is 0. The third kappa shape index (κ3) is 52.8. The fraction of sp³-hybridized carbons (Fsp3) is 0.629. The fourth-order valence-corrected chi connectivity index (χ4v) is 7.16. The van der Waals surface area contributed by atoms with Crippen molar-refractivity contribution in [2.75, 3.05) is 13.2 Å². The maximum Gasteiger partial charge on any atom is 0.306 e. The Morgan fingerprint density at radius 1 is 0.324 bits per heavy atom. The Balaban J connectivity index is 4.53. The van der Waals surface area contributed by atoms with Crippen molar-refractivity contribution in [2.24, 2.45) is 0 Å². The maximum atomic E-state index is 12.8. The first kappa shape index (κ1) is 63.8. The summed E-state index contributed by atoms with van der Waals surface area (Å²) in [5, 5.41) is 0. The Bertz CT molecular complexity index is 1450. The summed E-state index contributed by atoms with van der Waals surface area (Å²) in [6.07, 6.45) is 76.1. The lowest BCUT2D eigenvalue weighted by atomic mass is 10.1. The SMILES string of the molecule is CC\C=C/C=C\C=C/CCCCCCCCCC(=O)OCC(COC(=O)CCCCC/C=C\C/C=C\C/C=C\C/C=C\C/C=C\CC)OC(=O)CCCCC/C=C\C=C/CCCCCCCCC. The van der Waals surface area contributed by atoms with Gasteiger partial charge in [0.05, 0.1) is 0 Å². The second kappa shape index (κ2) is 55.4. The van der Waals surface area contributed by atoms with E-state index in [-0.39, 0.29) is 37.5 Å². The van der Waals surface area contributed by atoms with E-state index in [4.69, 9.17) is 14.2 Å². The normalized spacial score (nSPS) is 13.0. The van der Waals surface area contributed by atoms with Crippen molar-refractivity contribution in [1.82, 2.24) is 0 Å². The summed E-state index contributed by atoms with van der Waals surface area (Å²) < 4.78 is 16.8. The van der Waals surface area contributed by atoms with Gasteiger partial charge in [0, 0.05) is 19.3 Å². The standard InChI is InChI=1S/C62H100O6/c1-4-7-10-13-16-19-22-25-28-30-31-32-35-37-40-43-46-49-52-55-61(64)67-58-59(57-66-60(63)54-51-48-45-42-39-36-33-27-24-21-18-15-12-9-6-3)68-62(65)56-53-50-47-44-41-38-34-29-26-23-20-17-14-11-8-5-2/h7,9-10,12,15-16,18-19,21,24-25,28-29,31-32,34,37-38,40-41,59H,4-6,8,11,13-14,17,20,22-23,26-27,30,33,35-36,39,42-58H2,1-3H3/b10-7-,12-9-,18-15-,19-16-,24-21-,28-25-,32-31-,34-29-,40-37-,41-38-. The van der Waals surface area contributed by atoms with Gasteiger partial charge in [-0.15, -0.1) is 0 Å². The summed E-state index contributed by atoms with van der Waals surface area (Å²) in [6.45, 7) is 6.32. The van der Waals surface area contributed by atoms with Crippen LogP contribution >= 0.6 is 0 Å². The summed E-state index contributed by atoms with van der Waals surface area (Å²) in [4.78, 5) is 38.1. The number of unbranched alkanes of at least 4 members (excludes halogenated alkanes) is 20. The van der Waals surface area contributed by atoms with E-state index in [9.17, 15) is 14.4 Å². The average molecular weight is 941 g/mol. The lowest BCUT2D eigenvalue weighted by Gasteiger charge is -2.18. The molecule has 1 atom stereocenters. The molecule has 1 unspecified atom stereocenters. The molecule has 0 heterocycles. The Labute approximate surface area is 418 Å². The van der Waals surface area contributed by atoms with Crippen molar-refractivity contribution in [3.05, 3.63) is 122 Å². The zero-order chi connectivity index (χ0) is 49.3. The lowest BCUT2D eigenvalue weighted by Crippen LogP contribution is -2.30. The van der Waals surface area contributed by atoms with E-state index in [1.807, 2.05) is 0 Å². The summed E-state index contributed by atoms with van der Waals surface area (Å²) >= 11 is 0. The molecule has 0 spiro atoms. The van der Waals surface area contributed by atoms with Gasteiger partial charge in [0.25, 0.3) is 0 Å². The monoisotopic (exact) mass is 941 g/mol. The van der Waals surface area contributed by atoms with Crippen LogP contribution in [0.4, 0.5) is 0 Å². The molecule has 0 N–H and O–H groups in total. The molecule has 0 amide bonds. The van der Waals surface area contributed by atoms with Crippen LogP contribution in [0.15, 0.2) is 122 Å². The molecule has 0 radical (unpaired) electrons. The zero-order valence-corrected chi connectivity index (χ0v) is 43.8. The highest BCUT2D eigenvalue weighted by molar-refractivity contribution is 5.71. The number of hydrogen-bond acceptors (Lipinski definition) is 6. The van der Waals surface area contributed by atoms with Crippen LogP contribution in [0.1, 0.15) is 233 Å². The van der Waals surface area contributed by atoms with Gasteiger partial charge in [0.1, 0.15) is 13.2 Å². The summed E-state index contributed by atoms with van der Waals surface area (Å²) in [5.41, 5.74) is 0. The molecule has 0 bridgehead atoms. The Kier molecular flexibility index (Phi) is 52.0. The van der Waals surface area contributed by atoms with Crippen molar-refractivity contribution in [3.8, 4) is 0 Å². The second-order valence-corrected chi connectivity index (χ2v) is 17.8. The molecule has 384 valence electrons. The smallest absolute Gasteiger partial charge is 0.306 e. The predicted molar refractivity (Wildman–Crippen MR) is 293 cm³/mol. The molecule has 0 aromatic rings. The number of carbonyl (C=O) groups is 3. The number of carbonyl (C=O) groups excluding carboxylic acids is 3. The van der Waals surface area contributed by atoms with Crippen LogP contribution in [0.2, 0.25) is 0 Å². The predicted octanol–water partition coefficient (Wildman–Crippen LogP) is 18.5. The number of ether oxygens (including phenoxy) is 3. The molecule has 0 aliphatic carbocycles. The molecule has 0 saturated carbocycles. The van der Waals surface area contributed by atoms with Crippen LogP contribution in [0.3, 0.4) is 0 Å². The quantitative estimate of drug-likeness (QED) is 0.0199. The van der Waals surface area contributed by atoms with Gasteiger partial charge in [0.15, 0.2) is 6.10 Å². The van der Waals surface area contributed by atoms with Gasteiger partial charge in [-0.05, 0) is 109 Å². The Hall–Kier alpha value is -4.19. The topological polar surface area (TPSA) is 78.9 Å². The number of esters is 3. The highest BCUT2D eigenvalue weighted by Gasteiger charge is 2.19. The minimum atomic E-state index is -0.815. The lowest BCUT2D eigenvalue weighted by molar-refractivity contribution is -0.167. The molecule has 0 aliphatic heterocycles. The molecule has 0 fully saturated rings. The third-order valence-electron chi connectivity index (χ3n) is 11.3. The zero-order valence-electron chi connectivity index (χ0n) is 43.8. The van der Waals surface area contributed by atoms with Crippen LogP contribution < -0.4 is 0 Å². The van der Waals surface area contributed by atoms with E-state index in [0.29, 0.717) is 12.8 Å². The van der Waals surface area contributed by atoms with Crippen LogP contribution in [0.5, 0.6) is 0 Å². The third-order valence-corrected chi connectivity index (χ3v) is 11.3. The molecular weight excluding hydrogens is 841 g/mol. The van der Waals surface area contributed by atoms with Gasteiger partial charge >= 0.3 is 17.9 Å². The Morgan fingerprint density at radius 3 is 1.09 bits per heavy atom. The van der Waals surface area contributed by atoms with Gasteiger partial charge < -0.3 is 14.2 Å². The minimum Gasteiger partial charge on any atom is -0.462 e. The van der Waals surface area contributed by atoms with Gasteiger partial charge in [-0.25, -0.2) is 0 Å². The molecule has 0 saturated heterocycles. The molecule has 0 aromatic carbocycles. The van der Waals surface area contributed by atoms with E-state index in [1.165, 1.54) is 70.6 Å². The largest absolute Gasteiger partial charge is 0.462 e. The molecule has 0 rings (SSSR count). The van der Waals surface area contributed by atoms with Gasteiger partial charge in [0.2, 0.25) is 0 Å². The van der Waals surface area contributed by atoms with Crippen molar-refractivity contribution >= 4 is 17.9 Å². The van der Waals surface area contributed by atoms with Crippen molar-refractivity contribution in [3.63, 3.8) is 0 Å². The molecular formula is C62H100O6. The van der Waals surface area contributed by atoms with E-state index >= 15 is 0 Å². The fourth-order valence-electron chi connectivity index (χ4n) is 7.16. The summed E-state index contributed by atoms with van der Waals surface area (Å²) in [6, 6.07) is 0. The maximum absolute atomic E-state index is 12.8. The first-order chi connectivity index (χ1) is 33.5. The van der Waals surface area contributed by atoms with E-state index < -0.39 is 6.10 Å². The van der Waals surface area contributed by atoms with Crippen LogP contribution in [-0.4, -0.2) is 37.2 Å². The molecule has 0 aromatic heterocycles. The van der Waals surface area contributed by atoms with Crippen LogP contribution in [-0.2, 0) is 28.6 Å². The molecule has 6 heteroatoms. The number of hydrogen-bond donors (Lipinski definition) is 0. The Morgan fingerprint density at radius 2 is 0.647 bits per heavy atom. The van der Waals surface area contributed by atoms with Gasteiger partial charge in [-0.1, -0.05) is 226 Å². The van der Waals surface area contributed by atoms with Crippen LogP contribution in [0, 0.1) is 0 Å². The molecule has 0 aliphatic rings. The molecule has 68 heavy (non-hydrogen) atoms. The number of allylic oxidation sites excluding steroid dienone is 20. The van der Waals surface area contributed by atoms with E-state index in [2.05, 4.69) is 142 Å². The van der Waals surface area contributed by atoms with E-state index in [1.54, 1.807) is 0 Å². The summed E-state index contributed by atoms with van der Waals surface area (Å²) in [5.74, 6) is -0.984. The highest BCUT2D eigenvalue weighted by Crippen LogP contribution is 2.13. The van der Waals surface area contributed by atoms with Gasteiger partial charge in [-0.3, -0.25) is 14.4 Å². The number of rotatable bonds is 48. The average Bonchev–Trinajstić information content (AvgIpc) is 3.34. The molecule has 6 nitrogen and oxygen atoms in total. The first-order valence-electron chi connectivity index (χ1n) is 27.6. The van der Waals surface area contributed by atoms with Crippen LogP contribution in [0.25, 0.3) is 0 Å².